The Morgan fingerprint density at radius 3 is 1.69 bits per heavy atom. The van der Waals surface area contributed by atoms with Crippen molar-refractivity contribution >= 4 is 5.69 Å². The SMILES string of the molecule is Cc1cccc(Oc2nc(C)nc(Oc3cccc(C)c3)c2[N+](=O)[O-])c1. The largest absolute Gasteiger partial charge is 0.433 e. The molecule has 26 heavy (non-hydrogen) atoms. The van der Waals surface area contributed by atoms with Crippen molar-refractivity contribution in [2.75, 3.05) is 0 Å². The highest BCUT2D eigenvalue weighted by atomic mass is 16.6. The van der Waals surface area contributed by atoms with Crippen LogP contribution in [0.25, 0.3) is 0 Å². The van der Waals surface area contributed by atoms with Crippen LogP contribution in [0.3, 0.4) is 0 Å². The average molecular weight is 351 g/mol. The number of aromatic nitrogens is 2. The number of nitro groups is 1. The number of ether oxygens (including phenoxy) is 2. The first kappa shape index (κ1) is 17.3. The molecule has 0 aliphatic heterocycles. The number of benzene rings is 2. The molecule has 0 atom stereocenters. The van der Waals surface area contributed by atoms with Gasteiger partial charge in [-0.25, -0.2) is 0 Å². The minimum absolute atomic E-state index is 0.157. The Morgan fingerprint density at radius 1 is 0.846 bits per heavy atom. The topological polar surface area (TPSA) is 87.4 Å². The van der Waals surface area contributed by atoms with Crippen LogP contribution in [0.2, 0.25) is 0 Å². The van der Waals surface area contributed by atoms with Crippen molar-refractivity contribution in [3.05, 3.63) is 75.6 Å². The maximum Gasteiger partial charge on any atom is 0.393 e. The van der Waals surface area contributed by atoms with Crippen LogP contribution in [-0.2, 0) is 0 Å². The summed E-state index contributed by atoms with van der Waals surface area (Å²) in [6.07, 6.45) is 0. The summed E-state index contributed by atoms with van der Waals surface area (Å²) in [5, 5.41) is 11.6. The maximum atomic E-state index is 11.6. The van der Waals surface area contributed by atoms with Crippen LogP contribution in [-0.4, -0.2) is 14.9 Å². The van der Waals surface area contributed by atoms with E-state index < -0.39 is 10.6 Å². The van der Waals surface area contributed by atoms with Gasteiger partial charge in [0.2, 0.25) is 0 Å². The van der Waals surface area contributed by atoms with Crippen molar-refractivity contribution in [3.63, 3.8) is 0 Å². The van der Waals surface area contributed by atoms with Crippen molar-refractivity contribution in [2.24, 2.45) is 0 Å². The van der Waals surface area contributed by atoms with Crippen molar-refractivity contribution in [2.45, 2.75) is 20.8 Å². The molecule has 0 saturated heterocycles. The Morgan fingerprint density at radius 2 is 1.31 bits per heavy atom. The van der Waals surface area contributed by atoms with Gasteiger partial charge in [-0.05, 0) is 56.2 Å². The second kappa shape index (κ2) is 7.18. The van der Waals surface area contributed by atoms with Crippen LogP contribution < -0.4 is 9.47 Å². The number of aryl methyl sites for hydroxylation is 3. The van der Waals surface area contributed by atoms with E-state index in [1.54, 1.807) is 43.3 Å². The summed E-state index contributed by atoms with van der Waals surface area (Å²) in [6.45, 7) is 5.42. The molecule has 0 aliphatic rings. The summed E-state index contributed by atoms with van der Waals surface area (Å²) in [5.74, 6) is 0.896. The predicted octanol–water partition coefficient (Wildman–Crippen LogP) is 4.89. The van der Waals surface area contributed by atoms with Gasteiger partial charge in [-0.1, -0.05) is 24.3 Å². The lowest BCUT2D eigenvalue weighted by molar-refractivity contribution is -0.387. The fraction of sp³-hybridized carbons (Fsp3) is 0.158. The standard InChI is InChI=1S/C19H17N3O4/c1-12-6-4-8-15(10-12)25-18-17(22(23)24)19(21-14(3)20-18)26-16-9-5-7-13(2)11-16/h4-11H,1-3H3. The molecule has 0 aliphatic carbocycles. The summed E-state index contributed by atoms with van der Waals surface area (Å²) >= 11 is 0. The molecule has 0 bridgehead atoms. The second-order valence-electron chi connectivity index (χ2n) is 5.82. The first-order valence-corrected chi connectivity index (χ1v) is 7.94. The Balaban J connectivity index is 2.04. The van der Waals surface area contributed by atoms with Gasteiger partial charge in [0.05, 0.1) is 4.92 Å². The van der Waals surface area contributed by atoms with E-state index in [9.17, 15) is 10.1 Å². The number of nitrogens with zero attached hydrogens (tertiary/aromatic N) is 3. The molecule has 0 spiro atoms. The van der Waals surface area contributed by atoms with E-state index >= 15 is 0 Å². The number of rotatable bonds is 5. The molecule has 0 fully saturated rings. The average Bonchev–Trinajstić information content (AvgIpc) is 2.54. The summed E-state index contributed by atoms with van der Waals surface area (Å²) in [7, 11) is 0. The quantitative estimate of drug-likeness (QED) is 0.480. The second-order valence-corrected chi connectivity index (χ2v) is 5.82. The van der Waals surface area contributed by atoms with Gasteiger partial charge < -0.3 is 9.47 Å². The van der Waals surface area contributed by atoms with Crippen molar-refractivity contribution in [3.8, 4) is 23.3 Å². The number of hydrogen-bond acceptors (Lipinski definition) is 6. The van der Waals surface area contributed by atoms with Gasteiger partial charge in [-0.15, -0.1) is 0 Å². The van der Waals surface area contributed by atoms with Gasteiger partial charge in [0.1, 0.15) is 17.3 Å². The molecule has 0 radical (unpaired) electrons. The molecule has 7 heteroatoms. The van der Waals surface area contributed by atoms with E-state index in [0.717, 1.165) is 11.1 Å². The summed E-state index contributed by atoms with van der Waals surface area (Å²) in [6, 6.07) is 14.3. The summed E-state index contributed by atoms with van der Waals surface area (Å²) in [4.78, 5) is 19.2. The molecule has 0 amide bonds. The molecular weight excluding hydrogens is 334 g/mol. The minimum atomic E-state index is -0.601. The van der Waals surface area contributed by atoms with Gasteiger partial charge >= 0.3 is 17.4 Å². The Labute approximate surface area is 150 Å². The van der Waals surface area contributed by atoms with Gasteiger partial charge in [0.25, 0.3) is 0 Å². The zero-order chi connectivity index (χ0) is 18.7. The highest BCUT2D eigenvalue weighted by Crippen LogP contribution is 2.38. The fourth-order valence-corrected chi connectivity index (χ4v) is 2.40. The molecule has 3 rings (SSSR count). The van der Waals surface area contributed by atoms with E-state index in [2.05, 4.69) is 9.97 Å². The summed E-state index contributed by atoms with van der Waals surface area (Å²) in [5.41, 5.74) is 1.51. The normalized spacial score (nSPS) is 10.4. The lowest BCUT2D eigenvalue weighted by Crippen LogP contribution is -2.03. The van der Waals surface area contributed by atoms with E-state index in [4.69, 9.17) is 9.47 Å². The molecule has 3 aromatic rings. The Kier molecular flexibility index (Phi) is 4.79. The van der Waals surface area contributed by atoms with Gasteiger partial charge in [0, 0.05) is 0 Å². The van der Waals surface area contributed by atoms with Crippen LogP contribution >= 0.6 is 0 Å². The Bertz CT molecular complexity index is 904. The van der Waals surface area contributed by atoms with Crippen LogP contribution in [0.1, 0.15) is 17.0 Å². The lowest BCUT2D eigenvalue weighted by atomic mass is 10.2. The molecule has 1 aromatic heterocycles. The molecule has 0 unspecified atom stereocenters. The van der Waals surface area contributed by atoms with Crippen molar-refractivity contribution in [1.29, 1.82) is 0 Å². The van der Waals surface area contributed by atoms with Crippen molar-refractivity contribution < 1.29 is 14.4 Å². The zero-order valence-corrected chi connectivity index (χ0v) is 14.6. The van der Waals surface area contributed by atoms with E-state index in [1.807, 2.05) is 26.0 Å². The van der Waals surface area contributed by atoms with Crippen LogP contribution in [0, 0.1) is 30.9 Å². The number of hydrogen-bond donors (Lipinski definition) is 0. The molecule has 7 nitrogen and oxygen atoms in total. The minimum Gasteiger partial charge on any atom is -0.433 e. The molecule has 132 valence electrons. The highest BCUT2D eigenvalue weighted by Gasteiger charge is 2.28. The first-order chi connectivity index (χ1) is 12.4. The van der Waals surface area contributed by atoms with Gasteiger partial charge in [0.15, 0.2) is 0 Å². The van der Waals surface area contributed by atoms with Gasteiger partial charge in [-0.2, -0.15) is 9.97 Å². The third-order valence-electron chi connectivity index (χ3n) is 3.52. The molecule has 2 aromatic carbocycles. The smallest absolute Gasteiger partial charge is 0.393 e. The van der Waals surface area contributed by atoms with E-state index in [1.165, 1.54) is 0 Å². The molecule has 0 saturated carbocycles. The van der Waals surface area contributed by atoms with Crippen LogP contribution in [0.5, 0.6) is 23.3 Å². The summed E-state index contributed by atoms with van der Waals surface area (Å²) < 4.78 is 11.3. The monoisotopic (exact) mass is 351 g/mol. The Hall–Kier alpha value is -3.48. The van der Waals surface area contributed by atoms with Crippen LogP contribution in [0.4, 0.5) is 5.69 Å². The van der Waals surface area contributed by atoms with E-state index in [-0.39, 0.29) is 11.8 Å². The molecule has 0 N–H and O–H groups in total. The molecule has 1 heterocycles. The lowest BCUT2D eigenvalue weighted by Gasteiger charge is -2.10. The van der Waals surface area contributed by atoms with E-state index in [0.29, 0.717) is 17.3 Å². The third kappa shape index (κ3) is 3.94. The van der Waals surface area contributed by atoms with Crippen LogP contribution in [0.15, 0.2) is 48.5 Å². The fourth-order valence-electron chi connectivity index (χ4n) is 2.40. The maximum absolute atomic E-state index is 11.6. The first-order valence-electron chi connectivity index (χ1n) is 7.94. The third-order valence-corrected chi connectivity index (χ3v) is 3.52. The molecular formula is C19H17N3O4. The van der Waals surface area contributed by atoms with Gasteiger partial charge in [-0.3, -0.25) is 10.1 Å². The zero-order valence-electron chi connectivity index (χ0n) is 14.6. The highest BCUT2D eigenvalue weighted by molar-refractivity contribution is 5.53. The van der Waals surface area contributed by atoms with Crippen molar-refractivity contribution in [1.82, 2.24) is 9.97 Å². The predicted molar refractivity (Wildman–Crippen MR) is 95.9 cm³/mol.